The molecule has 9 heteroatoms. The van der Waals surface area contributed by atoms with Gasteiger partial charge in [-0.05, 0) is 29.8 Å². The van der Waals surface area contributed by atoms with Gasteiger partial charge in [0.1, 0.15) is 5.75 Å². The molecule has 0 spiro atoms. The van der Waals surface area contributed by atoms with Gasteiger partial charge in [0.05, 0.1) is 24.1 Å². The van der Waals surface area contributed by atoms with E-state index in [1.807, 2.05) is 0 Å². The van der Waals surface area contributed by atoms with Crippen LogP contribution in [0.25, 0.3) is 0 Å². The summed E-state index contributed by atoms with van der Waals surface area (Å²) in [5, 5.41) is 18.7. The van der Waals surface area contributed by atoms with E-state index in [1.54, 1.807) is 18.2 Å². The fraction of sp³-hybridized carbons (Fsp3) is 0.125. The van der Waals surface area contributed by atoms with Crippen molar-refractivity contribution >= 4 is 34.7 Å². The lowest BCUT2D eigenvalue weighted by molar-refractivity contribution is -0.384. The Morgan fingerprint density at radius 1 is 1.24 bits per heavy atom. The van der Waals surface area contributed by atoms with E-state index in [4.69, 9.17) is 4.74 Å². The minimum Gasteiger partial charge on any atom is -0.495 e. The molecular weight excluding hydrogens is 328 g/mol. The molecule has 1 heterocycles. The van der Waals surface area contributed by atoms with Crippen molar-refractivity contribution in [1.82, 2.24) is 0 Å². The number of hydrogen-bond acceptors (Lipinski definition) is 5. The molecule has 0 atom stereocenters. The fourth-order valence-electron chi connectivity index (χ4n) is 2.50. The van der Waals surface area contributed by atoms with E-state index >= 15 is 0 Å². The van der Waals surface area contributed by atoms with Crippen molar-refractivity contribution in [3.05, 3.63) is 52.1 Å². The highest BCUT2D eigenvalue weighted by atomic mass is 16.6. The number of methoxy groups -OCH3 is 1. The quantitative estimate of drug-likeness (QED) is 0.582. The SMILES string of the molecule is COc1ccc([N+](=O)[O-])cc1NC(=O)Nc1ccc2c(c1)CC(=O)N2. The second-order valence-electron chi connectivity index (χ2n) is 5.32. The van der Waals surface area contributed by atoms with Crippen LogP contribution in [0.15, 0.2) is 36.4 Å². The predicted octanol–water partition coefficient (Wildman–Crippen LogP) is 2.74. The number of hydrogen-bond donors (Lipinski definition) is 3. The molecule has 0 bridgehead atoms. The molecule has 3 amide bonds. The van der Waals surface area contributed by atoms with Crippen LogP contribution in [0.2, 0.25) is 0 Å². The summed E-state index contributed by atoms with van der Waals surface area (Å²) >= 11 is 0. The summed E-state index contributed by atoms with van der Waals surface area (Å²) in [4.78, 5) is 33.8. The number of anilines is 3. The zero-order valence-corrected chi connectivity index (χ0v) is 13.2. The lowest BCUT2D eigenvalue weighted by Gasteiger charge is -2.11. The van der Waals surface area contributed by atoms with E-state index in [9.17, 15) is 19.7 Å². The van der Waals surface area contributed by atoms with Crippen molar-refractivity contribution in [3.8, 4) is 5.75 Å². The van der Waals surface area contributed by atoms with Crippen LogP contribution < -0.4 is 20.7 Å². The standard InChI is InChI=1S/C16H14N4O5/c1-25-14-5-3-11(20(23)24)8-13(14)19-16(22)17-10-2-4-12-9(6-10)7-15(21)18-12/h2-6,8H,7H2,1H3,(H,18,21)(H2,17,19,22). The maximum atomic E-state index is 12.2. The zero-order valence-electron chi connectivity index (χ0n) is 13.2. The summed E-state index contributed by atoms with van der Waals surface area (Å²) in [5.74, 6) is 0.197. The highest BCUT2D eigenvalue weighted by Gasteiger charge is 2.18. The smallest absolute Gasteiger partial charge is 0.323 e. The van der Waals surface area contributed by atoms with E-state index in [0.717, 1.165) is 11.3 Å². The van der Waals surface area contributed by atoms with Crippen molar-refractivity contribution in [3.63, 3.8) is 0 Å². The van der Waals surface area contributed by atoms with Crippen molar-refractivity contribution in [2.24, 2.45) is 0 Å². The molecule has 9 nitrogen and oxygen atoms in total. The Labute approximate surface area is 142 Å². The lowest BCUT2D eigenvalue weighted by Crippen LogP contribution is -2.20. The number of nitrogens with zero attached hydrogens (tertiary/aromatic N) is 1. The Morgan fingerprint density at radius 2 is 2.04 bits per heavy atom. The molecule has 0 fully saturated rings. The number of nitro groups is 1. The van der Waals surface area contributed by atoms with Gasteiger partial charge in [0.25, 0.3) is 5.69 Å². The third kappa shape index (κ3) is 3.50. The lowest BCUT2D eigenvalue weighted by atomic mass is 10.1. The third-order valence-electron chi connectivity index (χ3n) is 3.63. The Hall–Kier alpha value is -3.62. The normalized spacial score (nSPS) is 12.1. The molecule has 128 valence electrons. The molecule has 0 unspecified atom stereocenters. The van der Waals surface area contributed by atoms with Gasteiger partial charge in [-0.3, -0.25) is 14.9 Å². The first kappa shape index (κ1) is 16.2. The first-order valence-electron chi connectivity index (χ1n) is 7.29. The largest absolute Gasteiger partial charge is 0.495 e. The van der Waals surface area contributed by atoms with Crippen molar-refractivity contribution in [1.29, 1.82) is 0 Å². The zero-order chi connectivity index (χ0) is 18.0. The van der Waals surface area contributed by atoms with Crippen LogP contribution >= 0.6 is 0 Å². The van der Waals surface area contributed by atoms with Crippen LogP contribution in [0.3, 0.4) is 0 Å². The average molecular weight is 342 g/mol. The number of amides is 3. The fourth-order valence-corrected chi connectivity index (χ4v) is 2.50. The van der Waals surface area contributed by atoms with Gasteiger partial charge in [-0.15, -0.1) is 0 Å². The number of ether oxygens (including phenoxy) is 1. The number of carbonyl (C=O) groups excluding carboxylic acids is 2. The Morgan fingerprint density at radius 3 is 2.76 bits per heavy atom. The second-order valence-corrected chi connectivity index (χ2v) is 5.32. The highest BCUT2D eigenvalue weighted by molar-refractivity contribution is 6.03. The number of non-ortho nitro benzene ring substituents is 1. The van der Waals surface area contributed by atoms with Gasteiger partial charge in [-0.1, -0.05) is 0 Å². The number of benzene rings is 2. The summed E-state index contributed by atoms with van der Waals surface area (Å²) in [6, 6.07) is 8.35. The maximum absolute atomic E-state index is 12.2. The number of fused-ring (bicyclic) bond motifs is 1. The van der Waals surface area contributed by atoms with E-state index in [2.05, 4.69) is 16.0 Å². The predicted molar refractivity (Wildman–Crippen MR) is 91.1 cm³/mol. The van der Waals surface area contributed by atoms with E-state index in [0.29, 0.717) is 11.4 Å². The van der Waals surface area contributed by atoms with Gasteiger partial charge in [0, 0.05) is 23.5 Å². The van der Waals surface area contributed by atoms with Crippen LogP contribution in [-0.2, 0) is 11.2 Å². The molecule has 2 aromatic rings. The average Bonchev–Trinajstić information content (AvgIpc) is 2.93. The molecule has 25 heavy (non-hydrogen) atoms. The Bertz CT molecular complexity index is 881. The first-order valence-corrected chi connectivity index (χ1v) is 7.29. The summed E-state index contributed by atoms with van der Waals surface area (Å²) in [5.41, 5.74) is 2.01. The molecule has 1 aliphatic rings. The minimum absolute atomic E-state index is 0.0991. The van der Waals surface area contributed by atoms with Gasteiger partial charge in [-0.25, -0.2) is 4.79 Å². The summed E-state index contributed by atoms with van der Waals surface area (Å²) in [7, 11) is 1.40. The second kappa shape index (κ2) is 6.48. The van der Waals surface area contributed by atoms with Crippen molar-refractivity contribution < 1.29 is 19.2 Å². The molecule has 0 saturated carbocycles. The number of nitro benzene ring substituents is 1. The highest BCUT2D eigenvalue weighted by Crippen LogP contribution is 2.29. The van der Waals surface area contributed by atoms with Gasteiger partial charge in [0.15, 0.2) is 0 Å². The van der Waals surface area contributed by atoms with Gasteiger partial charge in [0.2, 0.25) is 5.91 Å². The van der Waals surface area contributed by atoms with Crippen LogP contribution in [0.5, 0.6) is 5.75 Å². The van der Waals surface area contributed by atoms with Crippen molar-refractivity contribution in [2.75, 3.05) is 23.1 Å². The summed E-state index contributed by atoms with van der Waals surface area (Å²) in [6.07, 6.45) is 0.255. The monoisotopic (exact) mass is 342 g/mol. The van der Waals surface area contributed by atoms with Gasteiger partial charge < -0.3 is 20.7 Å². The molecule has 2 aromatic carbocycles. The maximum Gasteiger partial charge on any atom is 0.323 e. The van der Waals surface area contributed by atoms with Crippen LogP contribution in [0, 0.1) is 10.1 Å². The van der Waals surface area contributed by atoms with Crippen molar-refractivity contribution in [2.45, 2.75) is 6.42 Å². The topological polar surface area (TPSA) is 123 Å². The number of nitrogens with one attached hydrogen (secondary N) is 3. The van der Waals surface area contributed by atoms with Crippen LogP contribution in [-0.4, -0.2) is 24.0 Å². The minimum atomic E-state index is -0.587. The number of carbonyl (C=O) groups is 2. The molecule has 0 saturated heterocycles. The van der Waals surface area contributed by atoms with E-state index < -0.39 is 11.0 Å². The molecule has 3 rings (SSSR count). The third-order valence-corrected chi connectivity index (χ3v) is 3.63. The van der Waals surface area contributed by atoms with E-state index in [-0.39, 0.29) is 23.7 Å². The molecule has 0 aromatic heterocycles. The Kier molecular flexibility index (Phi) is 4.21. The molecule has 0 aliphatic carbocycles. The summed E-state index contributed by atoms with van der Waals surface area (Å²) < 4.78 is 5.09. The molecule has 1 aliphatic heterocycles. The Balaban J connectivity index is 1.75. The van der Waals surface area contributed by atoms with Gasteiger partial charge >= 0.3 is 6.03 Å². The molecular formula is C16H14N4O5. The van der Waals surface area contributed by atoms with Crippen LogP contribution in [0.4, 0.5) is 27.5 Å². The number of urea groups is 1. The summed E-state index contributed by atoms with van der Waals surface area (Å²) in [6.45, 7) is 0. The first-order chi connectivity index (χ1) is 12.0. The van der Waals surface area contributed by atoms with E-state index in [1.165, 1.54) is 25.3 Å². The molecule has 3 N–H and O–H groups in total. The van der Waals surface area contributed by atoms with Gasteiger partial charge in [-0.2, -0.15) is 0 Å². The van der Waals surface area contributed by atoms with Crippen LogP contribution in [0.1, 0.15) is 5.56 Å². The number of rotatable bonds is 4. The molecule has 0 radical (unpaired) electrons.